The SMILES string of the molecule is COc1cc(CC(=O)OCC(=O)NCC(=O)Nc2c(C)cc(C)cc2C)cc(OC)c1OC. The molecule has 0 bridgehead atoms. The summed E-state index contributed by atoms with van der Waals surface area (Å²) in [5.41, 5.74) is 4.26. The molecular formula is C24H30N2O7. The predicted octanol–water partition coefficient (Wildman–Crippen LogP) is 2.48. The first kappa shape index (κ1) is 25.5. The van der Waals surface area contributed by atoms with E-state index in [1.165, 1.54) is 21.3 Å². The molecule has 9 nitrogen and oxygen atoms in total. The fourth-order valence-electron chi connectivity index (χ4n) is 3.39. The van der Waals surface area contributed by atoms with Gasteiger partial charge in [-0.05, 0) is 49.6 Å². The molecule has 2 N–H and O–H groups in total. The van der Waals surface area contributed by atoms with Gasteiger partial charge in [-0.2, -0.15) is 0 Å². The standard InChI is InChI=1S/C24H30N2O7/c1-14-7-15(2)23(16(3)8-14)26-20(27)12-25-21(28)13-33-22(29)11-17-9-18(30-4)24(32-6)19(10-17)31-5/h7-10H,11-13H2,1-6H3,(H,25,28)(H,26,27). The zero-order valence-corrected chi connectivity index (χ0v) is 19.8. The molecule has 33 heavy (non-hydrogen) atoms. The maximum atomic E-state index is 12.2. The summed E-state index contributed by atoms with van der Waals surface area (Å²) >= 11 is 0. The molecule has 0 aliphatic rings. The maximum absolute atomic E-state index is 12.2. The molecule has 2 amide bonds. The van der Waals surface area contributed by atoms with Crippen LogP contribution in [0.1, 0.15) is 22.3 Å². The molecular weight excluding hydrogens is 428 g/mol. The summed E-state index contributed by atoms with van der Waals surface area (Å²) in [5, 5.41) is 5.23. The molecule has 0 spiro atoms. The van der Waals surface area contributed by atoms with E-state index >= 15 is 0 Å². The Morgan fingerprint density at radius 3 is 1.91 bits per heavy atom. The number of nitrogens with one attached hydrogen (secondary N) is 2. The van der Waals surface area contributed by atoms with Crippen LogP contribution in [0.25, 0.3) is 0 Å². The average molecular weight is 459 g/mol. The van der Waals surface area contributed by atoms with E-state index < -0.39 is 18.5 Å². The van der Waals surface area contributed by atoms with Gasteiger partial charge >= 0.3 is 5.97 Å². The molecule has 0 aliphatic carbocycles. The summed E-state index contributed by atoms with van der Waals surface area (Å²) in [7, 11) is 4.43. The Hall–Kier alpha value is -3.75. The van der Waals surface area contributed by atoms with Gasteiger partial charge in [0.15, 0.2) is 18.1 Å². The van der Waals surface area contributed by atoms with Gasteiger partial charge in [-0.15, -0.1) is 0 Å². The van der Waals surface area contributed by atoms with Crippen molar-refractivity contribution in [1.82, 2.24) is 5.32 Å². The number of methoxy groups -OCH3 is 3. The van der Waals surface area contributed by atoms with E-state index in [-0.39, 0.29) is 18.9 Å². The van der Waals surface area contributed by atoms with E-state index in [4.69, 9.17) is 18.9 Å². The van der Waals surface area contributed by atoms with Gasteiger partial charge in [-0.3, -0.25) is 14.4 Å². The summed E-state index contributed by atoms with van der Waals surface area (Å²) < 4.78 is 20.8. The molecule has 2 aromatic rings. The first-order valence-corrected chi connectivity index (χ1v) is 10.3. The zero-order valence-electron chi connectivity index (χ0n) is 19.8. The predicted molar refractivity (Wildman–Crippen MR) is 123 cm³/mol. The normalized spacial score (nSPS) is 10.2. The highest BCUT2D eigenvalue weighted by Crippen LogP contribution is 2.38. The molecule has 9 heteroatoms. The number of ether oxygens (including phenoxy) is 4. The van der Waals surface area contributed by atoms with Crippen molar-refractivity contribution in [3.05, 3.63) is 46.5 Å². The number of amides is 2. The Balaban J connectivity index is 1.84. The van der Waals surface area contributed by atoms with Gasteiger partial charge in [-0.1, -0.05) is 17.7 Å². The molecule has 0 aliphatic heterocycles. The minimum atomic E-state index is -0.616. The summed E-state index contributed by atoms with van der Waals surface area (Å²) in [6.45, 7) is 5.05. The number of anilines is 1. The molecule has 0 heterocycles. The van der Waals surface area contributed by atoms with Gasteiger partial charge in [0.05, 0.1) is 34.3 Å². The second-order valence-electron chi connectivity index (χ2n) is 7.47. The van der Waals surface area contributed by atoms with Crippen molar-refractivity contribution < 1.29 is 33.3 Å². The van der Waals surface area contributed by atoms with Crippen LogP contribution < -0.4 is 24.8 Å². The van der Waals surface area contributed by atoms with Crippen molar-refractivity contribution >= 4 is 23.5 Å². The number of carbonyl (C=O) groups excluding carboxylic acids is 3. The lowest BCUT2D eigenvalue weighted by Crippen LogP contribution is -2.36. The Kier molecular flexibility index (Phi) is 9.08. The molecule has 0 unspecified atom stereocenters. The van der Waals surface area contributed by atoms with Crippen LogP contribution in [0.5, 0.6) is 17.2 Å². The van der Waals surface area contributed by atoms with Gasteiger partial charge in [0.25, 0.3) is 5.91 Å². The minimum Gasteiger partial charge on any atom is -0.493 e. The Morgan fingerprint density at radius 1 is 0.818 bits per heavy atom. The van der Waals surface area contributed by atoms with Crippen molar-refractivity contribution in [3.8, 4) is 17.2 Å². The van der Waals surface area contributed by atoms with Crippen LogP contribution in [0.2, 0.25) is 0 Å². The maximum Gasteiger partial charge on any atom is 0.310 e. The summed E-state index contributed by atoms with van der Waals surface area (Å²) in [5.74, 6) is -0.353. The Morgan fingerprint density at radius 2 is 1.39 bits per heavy atom. The first-order valence-electron chi connectivity index (χ1n) is 10.3. The number of carbonyl (C=O) groups is 3. The molecule has 0 radical (unpaired) electrons. The average Bonchev–Trinajstić information content (AvgIpc) is 2.77. The zero-order chi connectivity index (χ0) is 24.5. The fraction of sp³-hybridized carbons (Fsp3) is 0.375. The van der Waals surface area contributed by atoms with Gasteiger partial charge < -0.3 is 29.6 Å². The Labute approximate surface area is 193 Å². The number of esters is 1. The lowest BCUT2D eigenvalue weighted by Gasteiger charge is -2.14. The third kappa shape index (κ3) is 7.13. The smallest absolute Gasteiger partial charge is 0.310 e. The number of hydrogen-bond acceptors (Lipinski definition) is 7. The Bertz CT molecular complexity index is 985. The summed E-state index contributed by atoms with van der Waals surface area (Å²) in [6, 6.07) is 7.19. The molecule has 0 atom stereocenters. The van der Waals surface area contributed by atoms with Crippen LogP contribution >= 0.6 is 0 Å². The van der Waals surface area contributed by atoms with Gasteiger partial charge in [0.1, 0.15) is 0 Å². The van der Waals surface area contributed by atoms with Gasteiger partial charge in [0, 0.05) is 5.69 Å². The van der Waals surface area contributed by atoms with Crippen molar-refractivity contribution in [3.63, 3.8) is 0 Å². The third-order valence-electron chi connectivity index (χ3n) is 4.82. The molecule has 0 saturated carbocycles. The van der Waals surface area contributed by atoms with Gasteiger partial charge in [-0.25, -0.2) is 0 Å². The van der Waals surface area contributed by atoms with Crippen LogP contribution in [-0.2, 0) is 25.5 Å². The topological polar surface area (TPSA) is 112 Å². The number of rotatable bonds is 10. The van der Waals surface area contributed by atoms with E-state index in [9.17, 15) is 14.4 Å². The third-order valence-corrected chi connectivity index (χ3v) is 4.82. The highest BCUT2D eigenvalue weighted by atomic mass is 16.5. The van der Waals surface area contributed by atoms with Crippen molar-refractivity contribution in [1.29, 1.82) is 0 Å². The highest BCUT2D eigenvalue weighted by molar-refractivity contribution is 5.96. The fourth-order valence-corrected chi connectivity index (χ4v) is 3.39. The van der Waals surface area contributed by atoms with Crippen LogP contribution in [0.3, 0.4) is 0 Å². The quantitative estimate of drug-likeness (QED) is 0.526. The molecule has 0 fully saturated rings. The van der Waals surface area contributed by atoms with E-state index in [1.54, 1.807) is 12.1 Å². The molecule has 178 valence electrons. The summed E-state index contributed by atoms with van der Waals surface area (Å²) in [4.78, 5) is 36.3. The molecule has 2 aromatic carbocycles. The van der Waals surface area contributed by atoms with E-state index in [2.05, 4.69) is 10.6 Å². The lowest BCUT2D eigenvalue weighted by atomic mass is 10.1. The van der Waals surface area contributed by atoms with Crippen molar-refractivity contribution in [2.24, 2.45) is 0 Å². The molecule has 0 aromatic heterocycles. The van der Waals surface area contributed by atoms with E-state index in [0.717, 1.165) is 22.4 Å². The second-order valence-corrected chi connectivity index (χ2v) is 7.47. The second kappa shape index (κ2) is 11.8. The van der Waals surface area contributed by atoms with Crippen molar-refractivity contribution in [2.75, 3.05) is 39.8 Å². The monoisotopic (exact) mass is 458 g/mol. The lowest BCUT2D eigenvalue weighted by molar-refractivity contribution is -0.147. The molecule has 2 rings (SSSR count). The van der Waals surface area contributed by atoms with Crippen molar-refractivity contribution in [2.45, 2.75) is 27.2 Å². The summed E-state index contributed by atoms with van der Waals surface area (Å²) in [6.07, 6.45) is -0.101. The van der Waals surface area contributed by atoms with E-state index in [0.29, 0.717) is 22.8 Å². The minimum absolute atomic E-state index is 0.101. The van der Waals surface area contributed by atoms with E-state index in [1.807, 2.05) is 32.9 Å². The van der Waals surface area contributed by atoms with Crippen LogP contribution in [0.15, 0.2) is 24.3 Å². The van der Waals surface area contributed by atoms with Crippen LogP contribution in [0, 0.1) is 20.8 Å². The molecule has 0 saturated heterocycles. The number of benzene rings is 2. The largest absolute Gasteiger partial charge is 0.493 e. The highest BCUT2D eigenvalue weighted by Gasteiger charge is 2.16. The first-order chi connectivity index (χ1) is 15.7. The van der Waals surface area contributed by atoms with Crippen LogP contribution in [-0.4, -0.2) is 52.3 Å². The number of hydrogen-bond donors (Lipinski definition) is 2. The van der Waals surface area contributed by atoms with Gasteiger partial charge in [0.2, 0.25) is 11.7 Å². The number of aryl methyl sites for hydroxylation is 3. The van der Waals surface area contributed by atoms with Crippen LogP contribution in [0.4, 0.5) is 5.69 Å².